The van der Waals surface area contributed by atoms with Crippen LogP contribution < -0.4 is 5.43 Å². The highest BCUT2D eigenvalue weighted by molar-refractivity contribution is 6.33. The van der Waals surface area contributed by atoms with Crippen molar-refractivity contribution in [3.63, 3.8) is 0 Å². The maximum absolute atomic E-state index is 6.29. The fourth-order valence-electron chi connectivity index (χ4n) is 2.78. The predicted octanol–water partition coefficient (Wildman–Crippen LogP) is 3.38. The second kappa shape index (κ2) is 6.30. The van der Waals surface area contributed by atoms with E-state index in [1.165, 1.54) is 0 Å². The molecule has 2 aliphatic rings. The van der Waals surface area contributed by atoms with E-state index in [1.54, 1.807) is 6.20 Å². The number of rotatable bonds is 3. The Kier molecular flexibility index (Phi) is 4.42. The first-order valence-corrected chi connectivity index (χ1v) is 7.83. The topological polar surface area (TPSA) is 55.7 Å². The van der Waals surface area contributed by atoms with E-state index in [0.717, 1.165) is 49.2 Å². The molecular formula is C15H20ClN3O2. The molecule has 0 aromatic carbocycles. The molecule has 0 atom stereocenters. The number of hydrazone groups is 1. The highest BCUT2D eigenvalue weighted by Crippen LogP contribution is 2.34. The maximum atomic E-state index is 6.29. The molecule has 6 heteroatoms. The number of nitrogens with one attached hydrogen (secondary N) is 1. The van der Waals surface area contributed by atoms with Crippen LogP contribution >= 0.6 is 11.6 Å². The molecule has 2 fully saturated rings. The number of hydrogen-bond donors (Lipinski definition) is 1. The third kappa shape index (κ3) is 3.20. The van der Waals surface area contributed by atoms with Gasteiger partial charge < -0.3 is 9.47 Å². The van der Waals surface area contributed by atoms with Gasteiger partial charge in [0.1, 0.15) is 0 Å². The third-order valence-electron chi connectivity index (χ3n) is 4.03. The highest BCUT2D eigenvalue weighted by atomic mass is 35.5. The van der Waals surface area contributed by atoms with E-state index in [1.807, 2.05) is 13.0 Å². The van der Waals surface area contributed by atoms with Gasteiger partial charge in [-0.1, -0.05) is 18.5 Å². The van der Waals surface area contributed by atoms with Crippen molar-refractivity contribution in [3.8, 4) is 0 Å². The Hall–Kier alpha value is -1.17. The van der Waals surface area contributed by atoms with Crippen molar-refractivity contribution in [2.75, 3.05) is 18.6 Å². The minimum atomic E-state index is -0.345. The second-order valence-corrected chi connectivity index (χ2v) is 5.75. The lowest BCUT2D eigenvalue weighted by Crippen LogP contribution is -2.35. The summed E-state index contributed by atoms with van der Waals surface area (Å²) < 4.78 is 11.4. The largest absolute Gasteiger partial charge is 0.348 e. The van der Waals surface area contributed by atoms with Crippen molar-refractivity contribution in [3.05, 3.63) is 23.0 Å². The first-order valence-electron chi connectivity index (χ1n) is 7.45. The van der Waals surface area contributed by atoms with Gasteiger partial charge in [0.25, 0.3) is 0 Å². The van der Waals surface area contributed by atoms with E-state index in [4.69, 9.17) is 21.1 Å². The van der Waals surface area contributed by atoms with Crippen LogP contribution in [0, 0.1) is 0 Å². The van der Waals surface area contributed by atoms with Crippen molar-refractivity contribution in [1.29, 1.82) is 0 Å². The zero-order chi connectivity index (χ0) is 14.7. The SMILES string of the molecule is CCc1nccc(NN=C2CCC3(CC2)OCCO3)c1Cl. The Labute approximate surface area is 129 Å². The van der Waals surface area contributed by atoms with Gasteiger partial charge in [-0.05, 0) is 25.3 Å². The lowest BCUT2D eigenvalue weighted by molar-refractivity contribution is -0.167. The van der Waals surface area contributed by atoms with Gasteiger partial charge in [0, 0.05) is 24.8 Å². The summed E-state index contributed by atoms with van der Waals surface area (Å²) in [5.41, 5.74) is 5.90. The molecule has 21 heavy (non-hydrogen) atoms. The molecule has 0 radical (unpaired) electrons. The van der Waals surface area contributed by atoms with E-state index in [2.05, 4.69) is 15.5 Å². The molecule has 114 valence electrons. The fourth-order valence-corrected chi connectivity index (χ4v) is 3.06. The fraction of sp³-hybridized carbons (Fsp3) is 0.600. The Morgan fingerprint density at radius 1 is 1.33 bits per heavy atom. The number of halogens is 1. The number of anilines is 1. The molecule has 1 aliphatic carbocycles. The molecule has 5 nitrogen and oxygen atoms in total. The molecular weight excluding hydrogens is 290 g/mol. The van der Waals surface area contributed by atoms with Crippen LogP contribution in [0.5, 0.6) is 0 Å². The van der Waals surface area contributed by atoms with Crippen LogP contribution in [0.4, 0.5) is 5.69 Å². The van der Waals surface area contributed by atoms with E-state index in [-0.39, 0.29) is 5.79 Å². The number of hydrogen-bond acceptors (Lipinski definition) is 5. The van der Waals surface area contributed by atoms with Crippen molar-refractivity contribution in [2.45, 2.75) is 44.8 Å². The van der Waals surface area contributed by atoms with E-state index >= 15 is 0 Å². The quantitative estimate of drug-likeness (QED) is 0.870. The van der Waals surface area contributed by atoms with Crippen molar-refractivity contribution >= 4 is 23.0 Å². The molecule has 1 aromatic heterocycles. The predicted molar refractivity (Wildman–Crippen MR) is 82.8 cm³/mol. The van der Waals surface area contributed by atoms with Gasteiger partial charge in [-0.15, -0.1) is 0 Å². The molecule has 1 aliphatic heterocycles. The van der Waals surface area contributed by atoms with Gasteiger partial charge in [-0.25, -0.2) is 0 Å². The summed E-state index contributed by atoms with van der Waals surface area (Å²) in [7, 11) is 0. The Bertz CT molecular complexity index is 530. The van der Waals surface area contributed by atoms with Gasteiger partial charge >= 0.3 is 0 Å². The second-order valence-electron chi connectivity index (χ2n) is 5.37. The Balaban J connectivity index is 1.62. The summed E-state index contributed by atoms with van der Waals surface area (Å²) in [6.45, 7) is 3.44. The summed E-state index contributed by atoms with van der Waals surface area (Å²) in [5, 5.41) is 5.14. The Morgan fingerprint density at radius 2 is 2.05 bits per heavy atom. The normalized spacial score (nSPS) is 20.8. The molecule has 1 aromatic rings. The monoisotopic (exact) mass is 309 g/mol. The highest BCUT2D eigenvalue weighted by Gasteiger charge is 2.39. The van der Waals surface area contributed by atoms with Gasteiger partial charge in [-0.2, -0.15) is 5.10 Å². The first kappa shape index (κ1) is 14.8. The standard InChI is InChI=1S/C15H20ClN3O2/c1-2-12-14(16)13(5-8-17-12)19-18-11-3-6-15(7-4-11)20-9-10-21-15/h5,8H,2-4,6-7,9-10H2,1H3,(H,17,19). The number of aromatic nitrogens is 1. The van der Waals surface area contributed by atoms with Crippen LogP contribution in [0.3, 0.4) is 0 Å². The number of ether oxygens (including phenoxy) is 2. The minimum Gasteiger partial charge on any atom is -0.348 e. The average Bonchev–Trinajstić information content (AvgIpc) is 2.96. The molecule has 0 amide bonds. The van der Waals surface area contributed by atoms with Gasteiger partial charge in [0.15, 0.2) is 5.79 Å². The smallest absolute Gasteiger partial charge is 0.169 e. The molecule has 2 heterocycles. The van der Waals surface area contributed by atoms with Crippen LogP contribution in [0.1, 0.15) is 38.3 Å². The van der Waals surface area contributed by atoms with Crippen LogP contribution in [0.2, 0.25) is 5.02 Å². The summed E-state index contributed by atoms with van der Waals surface area (Å²) >= 11 is 6.29. The number of pyridine rings is 1. The third-order valence-corrected chi connectivity index (χ3v) is 4.46. The summed E-state index contributed by atoms with van der Waals surface area (Å²) in [5.74, 6) is -0.345. The molecule has 1 spiro atoms. The van der Waals surface area contributed by atoms with Crippen LogP contribution in [0.15, 0.2) is 17.4 Å². The Morgan fingerprint density at radius 3 is 2.71 bits per heavy atom. The first-order chi connectivity index (χ1) is 10.2. The van der Waals surface area contributed by atoms with Crippen LogP contribution in [-0.2, 0) is 15.9 Å². The lowest BCUT2D eigenvalue weighted by atomic mass is 9.92. The van der Waals surface area contributed by atoms with Gasteiger partial charge in [0.05, 0.1) is 29.6 Å². The molecule has 1 N–H and O–H groups in total. The zero-order valence-corrected chi connectivity index (χ0v) is 12.9. The average molecular weight is 310 g/mol. The summed E-state index contributed by atoms with van der Waals surface area (Å²) in [6, 6.07) is 1.85. The van der Waals surface area contributed by atoms with Gasteiger partial charge in [-0.3, -0.25) is 10.4 Å². The van der Waals surface area contributed by atoms with E-state index in [0.29, 0.717) is 18.2 Å². The molecule has 1 saturated heterocycles. The minimum absolute atomic E-state index is 0.345. The van der Waals surface area contributed by atoms with Crippen molar-refractivity contribution < 1.29 is 9.47 Å². The van der Waals surface area contributed by atoms with Gasteiger partial charge in [0.2, 0.25) is 0 Å². The van der Waals surface area contributed by atoms with Crippen LogP contribution in [0.25, 0.3) is 0 Å². The molecule has 0 unspecified atom stereocenters. The van der Waals surface area contributed by atoms with E-state index in [9.17, 15) is 0 Å². The molecule has 1 saturated carbocycles. The number of aryl methyl sites for hydroxylation is 1. The summed E-state index contributed by atoms with van der Waals surface area (Å²) in [6.07, 6.45) is 6.08. The summed E-state index contributed by atoms with van der Waals surface area (Å²) in [4.78, 5) is 4.25. The molecule has 0 bridgehead atoms. The number of nitrogens with zero attached hydrogens (tertiary/aromatic N) is 2. The van der Waals surface area contributed by atoms with Crippen molar-refractivity contribution in [2.24, 2.45) is 5.10 Å². The lowest BCUT2D eigenvalue weighted by Gasteiger charge is -2.31. The van der Waals surface area contributed by atoms with E-state index < -0.39 is 0 Å². The maximum Gasteiger partial charge on any atom is 0.169 e. The van der Waals surface area contributed by atoms with Crippen molar-refractivity contribution in [1.82, 2.24) is 4.98 Å². The van der Waals surface area contributed by atoms with Crippen LogP contribution in [-0.4, -0.2) is 29.7 Å². The zero-order valence-electron chi connectivity index (χ0n) is 12.2. The molecule has 3 rings (SSSR count).